The molecular formula is C13H19N5O6S. The molecule has 3 aliphatic heterocycles. The fourth-order valence-corrected chi connectivity index (χ4v) is 4.09. The maximum absolute atomic E-state index is 12.4. The summed E-state index contributed by atoms with van der Waals surface area (Å²) in [5.74, 6) is 1.07. The first-order valence-electron chi connectivity index (χ1n) is 8.23. The van der Waals surface area contributed by atoms with Crippen LogP contribution in [0.1, 0.15) is 49.4 Å². The fourth-order valence-electron chi connectivity index (χ4n) is 3.70. The summed E-state index contributed by atoms with van der Waals surface area (Å²) in [6.45, 7) is 2.04. The van der Waals surface area contributed by atoms with Crippen LogP contribution >= 0.6 is 0 Å². The zero-order chi connectivity index (χ0) is 17.6. The molecule has 0 aliphatic carbocycles. The standard InChI is InChI=1S/C13H19N5O6S/c19-13-17-7-9(18(13)24-25(20,21)22)3-4-10(17)12-16-15-11(23-12)8-2-1-5-14-6-8/h8-10,14H,1-7H2,(H,20,21,22). The maximum atomic E-state index is 12.4. The molecule has 3 fully saturated rings. The molecule has 4 rings (SSSR count). The van der Waals surface area contributed by atoms with Gasteiger partial charge in [0.1, 0.15) is 6.04 Å². The number of hydrogen-bond donors (Lipinski definition) is 2. The lowest BCUT2D eigenvalue weighted by Gasteiger charge is -2.27. The van der Waals surface area contributed by atoms with E-state index < -0.39 is 28.5 Å². The summed E-state index contributed by atoms with van der Waals surface area (Å²) in [5.41, 5.74) is 0. The quantitative estimate of drug-likeness (QED) is 0.709. The van der Waals surface area contributed by atoms with Gasteiger partial charge in [0.2, 0.25) is 11.8 Å². The van der Waals surface area contributed by atoms with Crippen LogP contribution in [0.3, 0.4) is 0 Å². The average molecular weight is 373 g/mol. The molecule has 0 spiro atoms. The summed E-state index contributed by atoms with van der Waals surface area (Å²) < 4.78 is 40.9. The number of nitrogens with one attached hydrogen (secondary N) is 1. The van der Waals surface area contributed by atoms with Crippen LogP contribution in [-0.2, 0) is 14.7 Å². The average Bonchev–Trinajstić information content (AvgIpc) is 3.16. The van der Waals surface area contributed by atoms with E-state index in [2.05, 4.69) is 19.8 Å². The van der Waals surface area contributed by atoms with Crippen molar-refractivity contribution in [2.24, 2.45) is 0 Å². The normalized spacial score (nSPS) is 30.1. The monoisotopic (exact) mass is 373 g/mol. The summed E-state index contributed by atoms with van der Waals surface area (Å²) in [6.07, 6.45) is 3.07. The molecule has 0 radical (unpaired) electrons. The van der Waals surface area contributed by atoms with Gasteiger partial charge in [0.05, 0.1) is 6.04 Å². The minimum atomic E-state index is -4.75. The number of carbonyl (C=O) groups is 1. The van der Waals surface area contributed by atoms with Crippen molar-refractivity contribution in [1.82, 2.24) is 25.5 Å². The van der Waals surface area contributed by atoms with Gasteiger partial charge in [-0.15, -0.1) is 14.5 Å². The zero-order valence-electron chi connectivity index (χ0n) is 13.4. The first-order chi connectivity index (χ1) is 11.9. The van der Waals surface area contributed by atoms with Crippen molar-refractivity contribution in [1.29, 1.82) is 0 Å². The van der Waals surface area contributed by atoms with Crippen molar-refractivity contribution in [3.05, 3.63) is 11.8 Å². The molecule has 25 heavy (non-hydrogen) atoms. The predicted molar refractivity (Wildman–Crippen MR) is 81.5 cm³/mol. The summed E-state index contributed by atoms with van der Waals surface area (Å²) >= 11 is 0. The first kappa shape index (κ1) is 16.7. The number of hydrogen-bond acceptors (Lipinski definition) is 8. The molecular weight excluding hydrogens is 354 g/mol. The second-order valence-corrected chi connectivity index (χ2v) is 7.54. The minimum absolute atomic E-state index is 0.167. The van der Waals surface area contributed by atoms with E-state index in [1.54, 1.807) is 0 Å². The van der Waals surface area contributed by atoms with E-state index in [9.17, 15) is 13.2 Å². The van der Waals surface area contributed by atoms with Gasteiger partial charge < -0.3 is 14.6 Å². The van der Waals surface area contributed by atoms with E-state index in [1.165, 1.54) is 4.90 Å². The number of nitrogens with zero attached hydrogens (tertiary/aromatic N) is 4. The molecule has 1 aromatic heterocycles. The van der Waals surface area contributed by atoms with Crippen molar-refractivity contribution < 1.29 is 26.5 Å². The zero-order valence-corrected chi connectivity index (χ0v) is 14.2. The third-order valence-electron chi connectivity index (χ3n) is 4.88. The topological polar surface area (TPSA) is 138 Å². The Morgan fingerprint density at radius 1 is 1.24 bits per heavy atom. The minimum Gasteiger partial charge on any atom is -0.423 e. The number of aromatic nitrogens is 2. The lowest BCUT2D eigenvalue weighted by atomic mass is 10.00. The number of hydroxylamine groups is 2. The molecule has 2 amide bonds. The van der Waals surface area contributed by atoms with E-state index in [4.69, 9.17) is 8.97 Å². The molecule has 138 valence electrons. The Labute approximate surface area is 144 Å². The summed E-state index contributed by atoms with van der Waals surface area (Å²) in [5, 5.41) is 12.2. The van der Waals surface area contributed by atoms with Gasteiger partial charge >= 0.3 is 16.4 Å². The number of amides is 2. The Bertz CT molecular complexity index is 761. The van der Waals surface area contributed by atoms with Crippen LogP contribution in [-0.4, -0.2) is 64.8 Å². The van der Waals surface area contributed by atoms with Gasteiger partial charge in [-0.05, 0) is 32.2 Å². The summed E-state index contributed by atoms with van der Waals surface area (Å²) in [4.78, 5) is 13.8. The lowest BCUT2D eigenvalue weighted by Crippen LogP contribution is -2.35. The Kier molecular flexibility index (Phi) is 4.14. The lowest BCUT2D eigenvalue weighted by molar-refractivity contribution is -0.0317. The summed E-state index contributed by atoms with van der Waals surface area (Å²) in [6, 6.07) is -1.49. The van der Waals surface area contributed by atoms with E-state index >= 15 is 0 Å². The Morgan fingerprint density at radius 2 is 2.04 bits per heavy atom. The van der Waals surface area contributed by atoms with Crippen molar-refractivity contribution in [2.75, 3.05) is 19.6 Å². The molecule has 11 nitrogen and oxygen atoms in total. The highest BCUT2D eigenvalue weighted by atomic mass is 32.3. The van der Waals surface area contributed by atoms with Crippen LogP contribution in [0.5, 0.6) is 0 Å². The number of rotatable bonds is 4. The molecule has 12 heteroatoms. The highest BCUT2D eigenvalue weighted by Crippen LogP contribution is 2.38. The molecule has 0 aromatic carbocycles. The van der Waals surface area contributed by atoms with Gasteiger partial charge in [-0.25, -0.2) is 4.79 Å². The molecule has 3 saturated heterocycles. The number of urea groups is 1. The van der Waals surface area contributed by atoms with Crippen molar-refractivity contribution >= 4 is 16.4 Å². The van der Waals surface area contributed by atoms with Gasteiger partial charge in [-0.3, -0.25) is 4.55 Å². The molecule has 3 aliphatic rings. The number of carbonyl (C=O) groups excluding carboxylic acids is 1. The van der Waals surface area contributed by atoms with Crippen molar-refractivity contribution in [3.8, 4) is 0 Å². The van der Waals surface area contributed by atoms with Crippen LogP contribution in [0.25, 0.3) is 0 Å². The van der Waals surface area contributed by atoms with E-state index in [0.29, 0.717) is 29.7 Å². The smallest absolute Gasteiger partial charge is 0.418 e. The van der Waals surface area contributed by atoms with Gasteiger partial charge in [-0.2, -0.15) is 13.5 Å². The van der Waals surface area contributed by atoms with E-state index in [-0.39, 0.29) is 12.5 Å². The molecule has 3 unspecified atom stereocenters. The highest BCUT2D eigenvalue weighted by molar-refractivity contribution is 7.80. The van der Waals surface area contributed by atoms with Crippen molar-refractivity contribution in [3.63, 3.8) is 0 Å². The molecule has 1 aromatic rings. The van der Waals surface area contributed by atoms with Crippen LogP contribution < -0.4 is 5.32 Å². The van der Waals surface area contributed by atoms with E-state index in [0.717, 1.165) is 25.9 Å². The van der Waals surface area contributed by atoms with Gasteiger partial charge in [-0.1, -0.05) is 0 Å². The third-order valence-corrected chi connectivity index (χ3v) is 5.23. The molecule has 2 N–H and O–H groups in total. The van der Waals surface area contributed by atoms with Gasteiger partial charge in [0.15, 0.2) is 0 Å². The second kappa shape index (κ2) is 6.20. The molecule has 2 bridgehead atoms. The molecule has 3 atom stereocenters. The fraction of sp³-hybridized carbons (Fsp3) is 0.769. The first-order valence-corrected chi connectivity index (χ1v) is 9.60. The van der Waals surface area contributed by atoms with Gasteiger partial charge in [0, 0.05) is 19.0 Å². The highest BCUT2D eigenvalue weighted by Gasteiger charge is 2.49. The third kappa shape index (κ3) is 3.21. The number of fused-ring (bicyclic) bond motifs is 2. The molecule has 0 saturated carbocycles. The van der Waals surface area contributed by atoms with Crippen molar-refractivity contribution in [2.45, 2.75) is 43.7 Å². The Balaban J connectivity index is 1.51. The Morgan fingerprint density at radius 3 is 2.76 bits per heavy atom. The SMILES string of the molecule is O=C1N2CC(CCC2c2nnc(C3CCCNC3)o2)N1OS(=O)(=O)O. The Hall–Kier alpha value is -1.76. The number of piperidine rings is 2. The second-order valence-electron chi connectivity index (χ2n) is 6.53. The van der Waals surface area contributed by atoms with Gasteiger partial charge in [0.25, 0.3) is 0 Å². The predicted octanol–water partition coefficient (Wildman–Crippen LogP) is 0.212. The van der Waals surface area contributed by atoms with Crippen LogP contribution in [0, 0.1) is 0 Å². The van der Waals surface area contributed by atoms with Crippen LogP contribution in [0.2, 0.25) is 0 Å². The largest absolute Gasteiger partial charge is 0.423 e. The molecule has 4 heterocycles. The van der Waals surface area contributed by atoms with Crippen LogP contribution in [0.4, 0.5) is 4.79 Å². The maximum Gasteiger partial charge on any atom is 0.418 e. The summed E-state index contributed by atoms with van der Waals surface area (Å²) in [7, 11) is -4.75. The van der Waals surface area contributed by atoms with E-state index in [1.807, 2.05) is 0 Å². The van der Waals surface area contributed by atoms with Crippen LogP contribution in [0.15, 0.2) is 4.42 Å².